The molecular formula is C45H58O4S. The fourth-order valence-electron chi connectivity index (χ4n) is 6.80. The quantitative estimate of drug-likeness (QED) is 0.155. The van der Waals surface area contributed by atoms with Gasteiger partial charge in [-0.15, -0.1) is 0 Å². The normalized spacial score (nSPS) is 17.2. The molecule has 1 fully saturated rings. The highest BCUT2D eigenvalue weighted by Crippen LogP contribution is 2.43. The van der Waals surface area contributed by atoms with E-state index in [1.807, 2.05) is 72.4 Å². The third-order valence-corrected chi connectivity index (χ3v) is 11.6. The van der Waals surface area contributed by atoms with Gasteiger partial charge in [-0.2, -0.15) is 11.8 Å². The monoisotopic (exact) mass is 694 g/mol. The van der Waals surface area contributed by atoms with Crippen molar-refractivity contribution in [2.24, 2.45) is 5.92 Å². The Labute approximate surface area is 305 Å². The van der Waals surface area contributed by atoms with Crippen LogP contribution in [0.25, 0.3) is 0 Å². The second kappa shape index (κ2) is 17.1. The summed E-state index contributed by atoms with van der Waals surface area (Å²) in [5.41, 5.74) is 6.28. The third kappa shape index (κ3) is 10.5. The van der Waals surface area contributed by atoms with E-state index in [-0.39, 0.29) is 22.3 Å². The Morgan fingerprint density at radius 2 is 1.10 bits per heavy atom. The number of hydrogen-bond donors (Lipinski definition) is 2. The van der Waals surface area contributed by atoms with Crippen LogP contribution in [0.2, 0.25) is 0 Å². The molecule has 1 aliphatic carbocycles. The van der Waals surface area contributed by atoms with Crippen molar-refractivity contribution in [2.45, 2.75) is 128 Å². The first-order valence-electron chi connectivity index (χ1n) is 18.6. The number of phenols is 2. The van der Waals surface area contributed by atoms with E-state index in [0.29, 0.717) is 35.9 Å². The van der Waals surface area contributed by atoms with E-state index in [1.54, 1.807) is 0 Å². The van der Waals surface area contributed by atoms with Crippen molar-refractivity contribution in [3.05, 3.63) is 118 Å². The Kier molecular flexibility index (Phi) is 12.9. The van der Waals surface area contributed by atoms with Crippen LogP contribution >= 0.6 is 11.8 Å². The predicted octanol–water partition coefficient (Wildman–Crippen LogP) is 12.1. The molecule has 5 heteroatoms. The summed E-state index contributed by atoms with van der Waals surface area (Å²) in [5, 5.41) is 23.5. The number of hydrogen-bond acceptors (Lipinski definition) is 5. The van der Waals surface area contributed by atoms with Crippen molar-refractivity contribution in [3.63, 3.8) is 0 Å². The summed E-state index contributed by atoms with van der Waals surface area (Å²) >= 11 is 1.99. The van der Waals surface area contributed by atoms with Gasteiger partial charge >= 0.3 is 0 Å². The van der Waals surface area contributed by atoms with Gasteiger partial charge in [0, 0.05) is 16.6 Å². The summed E-state index contributed by atoms with van der Waals surface area (Å²) in [5.74, 6) is 2.92. The van der Waals surface area contributed by atoms with Crippen molar-refractivity contribution in [1.82, 2.24) is 0 Å². The first-order valence-corrected chi connectivity index (χ1v) is 19.6. The standard InChI is InChI=1S/C45H58O4S/c1-44(2,3)37-25-35(42(46)39(27-37)48-29-32-17-11-9-12-18-32)24-23-34-21-15-7-8-16-22-41(34)50-31-36-26-38(45(4,5)6)28-40(43(36)47)49-30-33-19-13-10-14-20-33/h9-14,17-20,25-28,34,41,46-47H,7-8,15-16,21-24,29-31H2,1-6H3. The Morgan fingerprint density at radius 1 is 0.620 bits per heavy atom. The molecule has 0 saturated heterocycles. The average Bonchev–Trinajstić information content (AvgIpc) is 3.07. The molecule has 4 nitrogen and oxygen atoms in total. The first-order chi connectivity index (χ1) is 23.9. The van der Waals surface area contributed by atoms with Crippen molar-refractivity contribution < 1.29 is 19.7 Å². The van der Waals surface area contributed by atoms with Crippen molar-refractivity contribution in [3.8, 4) is 23.0 Å². The summed E-state index contributed by atoms with van der Waals surface area (Å²) in [4.78, 5) is 0. The predicted molar refractivity (Wildman–Crippen MR) is 210 cm³/mol. The van der Waals surface area contributed by atoms with Crippen LogP contribution in [0.4, 0.5) is 0 Å². The smallest absolute Gasteiger partial charge is 0.162 e. The molecule has 1 saturated carbocycles. The van der Waals surface area contributed by atoms with Crippen LogP contribution in [0.15, 0.2) is 84.9 Å². The molecule has 5 rings (SSSR count). The number of rotatable bonds is 12. The molecule has 4 aromatic rings. The van der Waals surface area contributed by atoms with Crippen molar-refractivity contribution in [2.75, 3.05) is 0 Å². The van der Waals surface area contributed by atoms with Gasteiger partial charge < -0.3 is 19.7 Å². The van der Waals surface area contributed by atoms with Crippen LogP contribution in [0.5, 0.6) is 23.0 Å². The van der Waals surface area contributed by atoms with Crippen molar-refractivity contribution >= 4 is 11.8 Å². The zero-order valence-electron chi connectivity index (χ0n) is 31.1. The van der Waals surface area contributed by atoms with Crippen molar-refractivity contribution in [1.29, 1.82) is 0 Å². The summed E-state index contributed by atoms with van der Waals surface area (Å²) < 4.78 is 12.5. The molecule has 2 atom stereocenters. The molecule has 0 bridgehead atoms. The molecule has 0 amide bonds. The van der Waals surface area contributed by atoms with E-state index >= 15 is 0 Å². The lowest BCUT2D eigenvalue weighted by molar-refractivity contribution is 0.286. The fourth-order valence-corrected chi connectivity index (χ4v) is 8.29. The second-order valence-electron chi connectivity index (χ2n) is 16.2. The summed E-state index contributed by atoms with van der Waals surface area (Å²) in [6, 6.07) is 28.7. The number of benzene rings is 4. The van der Waals surface area contributed by atoms with Gasteiger partial charge in [0.25, 0.3) is 0 Å². The summed E-state index contributed by atoms with van der Waals surface area (Å²) in [6.07, 6.45) is 9.21. The van der Waals surface area contributed by atoms with Crippen LogP contribution < -0.4 is 9.47 Å². The molecule has 0 radical (unpaired) electrons. The lowest BCUT2D eigenvalue weighted by Gasteiger charge is -2.30. The molecule has 0 aromatic heterocycles. The van der Waals surface area contributed by atoms with Gasteiger partial charge in [-0.25, -0.2) is 0 Å². The molecule has 1 aliphatic rings. The van der Waals surface area contributed by atoms with E-state index in [9.17, 15) is 10.2 Å². The van der Waals surface area contributed by atoms with Crippen LogP contribution in [-0.2, 0) is 36.2 Å². The van der Waals surface area contributed by atoms with E-state index in [0.717, 1.165) is 40.8 Å². The van der Waals surface area contributed by atoms with E-state index in [2.05, 4.69) is 65.8 Å². The molecule has 0 heterocycles. The maximum Gasteiger partial charge on any atom is 0.162 e. The number of aromatic hydroxyl groups is 2. The fraction of sp³-hybridized carbons (Fsp3) is 0.467. The Balaban J connectivity index is 1.34. The lowest BCUT2D eigenvalue weighted by Crippen LogP contribution is -2.21. The molecule has 2 N–H and O–H groups in total. The third-order valence-electron chi connectivity index (χ3n) is 10.1. The minimum absolute atomic E-state index is 0.0703. The molecule has 50 heavy (non-hydrogen) atoms. The Hall–Kier alpha value is -3.57. The van der Waals surface area contributed by atoms with Crippen LogP contribution in [0.1, 0.15) is 120 Å². The first kappa shape index (κ1) is 37.7. The van der Waals surface area contributed by atoms with Gasteiger partial charge in [-0.3, -0.25) is 0 Å². The maximum atomic E-state index is 11.5. The zero-order valence-corrected chi connectivity index (χ0v) is 32.0. The van der Waals surface area contributed by atoms with E-state index in [1.165, 1.54) is 49.7 Å². The minimum Gasteiger partial charge on any atom is -0.504 e. The number of ether oxygens (including phenoxy) is 2. The lowest BCUT2D eigenvalue weighted by atomic mass is 9.83. The van der Waals surface area contributed by atoms with Gasteiger partial charge in [-0.1, -0.05) is 140 Å². The molecule has 2 unspecified atom stereocenters. The van der Waals surface area contributed by atoms with Crippen LogP contribution in [0, 0.1) is 5.92 Å². The molecule has 0 spiro atoms. The Bertz CT molecular complexity index is 1530. The number of aryl methyl sites for hydroxylation is 1. The van der Waals surface area contributed by atoms with Gasteiger partial charge in [0.1, 0.15) is 13.2 Å². The SMILES string of the molecule is CC(C)(C)c1cc(CCC2CCCCCCC2SCc2cc(C(C)(C)C)cc(OCc3ccccc3)c2O)c(O)c(OCc2ccccc2)c1. The Morgan fingerprint density at radius 3 is 1.62 bits per heavy atom. The highest BCUT2D eigenvalue weighted by Gasteiger charge is 2.27. The summed E-state index contributed by atoms with van der Waals surface area (Å²) in [6.45, 7) is 14.1. The number of thioether (sulfide) groups is 1. The highest BCUT2D eigenvalue weighted by molar-refractivity contribution is 7.99. The molecule has 268 valence electrons. The zero-order chi connectivity index (χ0) is 35.7. The van der Waals surface area contributed by atoms with Gasteiger partial charge in [-0.05, 0) is 82.4 Å². The number of phenolic OH excluding ortho intramolecular Hbond substituents is 2. The maximum absolute atomic E-state index is 11.5. The van der Waals surface area contributed by atoms with Gasteiger partial charge in [0.2, 0.25) is 0 Å². The van der Waals surface area contributed by atoms with Crippen LogP contribution in [-0.4, -0.2) is 15.5 Å². The van der Waals surface area contributed by atoms with Gasteiger partial charge in [0.15, 0.2) is 23.0 Å². The molecular weight excluding hydrogens is 637 g/mol. The molecule has 0 aliphatic heterocycles. The van der Waals surface area contributed by atoms with Crippen LogP contribution in [0.3, 0.4) is 0 Å². The average molecular weight is 695 g/mol. The van der Waals surface area contributed by atoms with E-state index in [4.69, 9.17) is 9.47 Å². The summed E-state index contributed by atoms with van der Waals surface area (Å²) in [7, 11) is 0. The van der Waals surface area contributed by atoms with E-state index < -0.39 is 0 Å². The molecule has 4 aromatic carbocycles. The van der Waals surface area contributed by atoms with Gasteiger partial charge in [0.05, 0.1) is 0 Å². The highest BCUT2D eigenvalue weighted by atomic mass is 32.2. The largest absolute Gasteiger partial charge is 0.504 e. The topological polar surface area (TPSA) is 58.9 Å². The second-order valence-corrected chi connectivity index (χ2v) is 17.4. The minimum atomic E-state index is -0.0754.